The predicted octanol–water partition coefficient (Wildman–Crippen LogP) is 3.75. The van der Waals surface area contributed by atoms with Crippen molar-refractivity contribution in [2.24, 2.45) is 16.6 Å². The number of carbonyl (C=O) groups is 1. The van der Waals surface area contributed by atoms with Crippen molar-refractivity contribution in [3.63, 3.8) is 0 Å². The first-order chi connectivity index (χ1) is 16.7. The van der Waals surface area contributed by atoms with Gasteiger partial charge in [-0.3, -0.25) is 9.79 Å². The fourth-order valence-corrected chi connectivity index (χ4v) is 5.79. The first-order valence-electron chi connectivity index (χ1n) is 10.8. The summed E-state index contributed by atoms with van der Waals surface area (Å²) in [4.78, 5) is 29.7. The summed E-state index contributed by atoms with van der Waals surface area (Å²) in [6.45, 7) is 2.87. The number of fused-ring (bicyclic) bond motifs is 1. The Kier molecular flexibility index (Phi) is 5.70. The van der Waals surface area contributed by atoms with Crippen LogP contribution in [0.25, 0.3) is 0 Å². The van der Waals surface area contributed by atoms with Gasteiger partial charge in [0.05, 0.1) is 28.4 Å². The number of hydrogen-bond donors (Lipinski definition) is 2. The number of nitrogens with one attached hydrogen (secondary N) is 1. The highest BCUT2D eigenvalue weighted by Crippen LogP contribution is 2.66. The molecule has 35 heavy (non-hydrogen) atoms. The van der Waals surface area contributed by atoms with Gasteiger partial charge in [-0.2, -0.15) is 0 Å². The fraction of sp³-hybridized carbons (Fsp3) is 0.348. The number of aromatic nitrogens is 3. The summed E-state index contributed by atoms with van der Waals surface area (Å²) in [5.74, 6) is -0.638. The molecule has 0 saturated heterocycles. The largest absolute Gasteiger partial charge is 0.467 e. The number of nitrogens with zero attached hydrogens (tertiary/aromatic N) is 4. The first-order valence-corrected chi connectivity index (χ1v) is 11.6. The second-order valence-electron chi connectivity index (χ2n) is 8.66. The van der Waals surface area contributed by atoms with E-state index in [0.29, 0.717) is 23.7 Å². The number of hydrogen-bond acceptors (Lipinski definition) is 9. The molecule has 12 heteroatoms. The third-order valence-corrected chi connectivity index (χ3v) is 7.58. The molecule has 1 aromatic carbocycles. The summed E-state index contributed by atoms with van der Waals surface area (Å²) < 4.78 is 38.6. The molecule has 3 heterocycles. The van der Waals surface area contributed by atoms with E-state index < -0.39 is 28.7 Å². The lowest BCUT2D eigenvalue weighted by atomic mass is 9.85. The Balaban J connectivity index is 1.34. The number of amides is 1. The molecule has 2 aromatic heterocycles. The summed E-state index contributed by atoms with van der Waals surface area (Å²) in [5, 5.41) is 2.95. The normalized spacial score (nSPS) is 24.9. The molecule has 5 rings (SSSR count). The number of nitrogens with two attached hydrogens (primary N) is 1. The summed E-state index contributed by atoms with van der Waals surface area (Å²) in [6.07, 6.45) is 4.80. The minimum Gasteiger partial charge on any atom is -0.467 e. The van der Waals surface area contributed by atoms with Crippen LogP contribution in [-0.2, 0) is 12.1 Å². The molecule has 1 aliphatic carbocycles. The number of rotatable bonds is 7. The molecule has 0 bridgehead atoms. The lowest BCUT2D eigenvalue weighted by molar-refractivity contribution is 0.102. The topological polar surface area (TPSA) is 129 Å². The standard InChI is InChI=1S/C23H22F2N6O3S/c1-12-19(28-9-17(29-12)34-10-18-27-5-6-33-18)20(32)30-13-3-4-15(25)14(7-13)22(2)16-8-23(16,11-24)35-21(26)31-22/h3-7,9,16H,8,10-11H2,1-2H3,(H2,26,31)(H,30,32)/t16-,22-,23+/m0/s1. The van der Waals surface area contributed by atoms with Crippen molar-refractivity contribution in [2.75, 3.05) is 12.0 Å². The molecule has 1 saturated carbocycles. The summed E-state index contributed by atoms with van der Waals surface area (Å²) in [7, 11) is 0. The number of halogens is 2. The minimum atomic E-state index is -1.04. The highest BCUT2D eigenvalue weighted by Gasteiger charge is 2.66. The van der Waals surface area contributed by atoms with Crippen molar-refractivity contribution >= 4 is 28.5 Å². The van der Waals surface area contributed by atoms with Gasteiger partial charge in [0, 0.05) is 17.2 Å². The molecule has 2 aliphatic rings. The van der Waals surface area contributed by atoms with Gasteiger partial charge in [-0.25, -0.2) is 23.7 Å². The van der Waals surface area contributed by atoms with Crippen molar-refractivity contribution < 1.29 is 22.7 Å². The summed E-state index contributed by atoms with van der Waals surface area (Å²) in [5.41, 5.74) is 5.95. The smallest absolute Gasteiger partial charge is 0.276 e. The minimum absolute atomic E-state index is 0.0694. The maximum atomic E-state index is 14.9. The highest BCUT2D eigenvalue weighted by molar-refractivity contribution is 8.15. The fourth-order valence-electron chi connectivity index (χ4n) is 4.47. The first kappa shape index (κ1) is 23.2. The monoisotopic (exact) mass is 500 g/mol. The second-order valence-corrected chi connectivity index (χ2v) is 10.1. The number of benzene rings is 1. The molecule has 1 aliphatic heterocycles. The van der Waals surface area contributed by atoms with Crippen LogP contribution in [0.15, 0.2) is 46.3 Å². The molecule has 1 fully saturated rings. The molecule has 3 atom stereocenters. The quantitative estimate of drug-likeness (QED) is 0.502. The summed E-state index contributed by atoms with van der Waals surface area (Å²) >= 11 is 1.21. The number of aliphatic imine (C=N–C) groups is 1. The number of ether oxygens (including phenoxy) is 1. The van der Waals surface area contributed by atoms with E-state index in [1.54, 1.807) is 13.8 Å². The number of aryl methyl sites for hydroxylation is 1. The van der Waals surface area contributed by atoms with Crippen molar-refractivity contribution in [3.05, 3.63) is 65.5 Å². The van der Waals surface area contributed by atoms with Gasteiger partial charge in [0.2, 0.25) is 11.8 Å². The Morgan fingerprint density at radius 1 is 1.40 bits per heavy atom. The van der Waals surface area contributed by atoms with Gasteiger partial charge in [0.15, 0.2) is 11.8 Å². The van der Waals surface area contributed by atoms with Gasteiger partial charge < -0.3 is 20.2 Å². The van der Waals surface area contributed by atoms with E-state index in [1.807, 2.05) is 0 Å². The van der Waals surface area contributed by atoms with E-state index in [-0.39, 0.29) is 34.8 Å². The van der Waals surface area contributed by atoms with E-state index in [9.17, 15) is 13.6 Å². The molecule has 3 N–H and O–H groups in total. The van der Waals surface area contributed by atoms with Crippen LogP contribution in [0.3, 0.4) is 0 Å². The molecule has 0 spiro atoms. The average molecular weight is 501 g/mol. The van der Waals surface area contributed by atoms with Crippen LogP contribution in [0.1, 0.15) is 41.0 Å². The third-order valence-electron chi connectivity index (χ3n) is 6.32. The zero-order valence-electron chi connectivity index (χ0n) is 18.9. The third kappa shape index (κ3) is 4.22. The van der Waals surface area contributed by atoms with E-state index in [1.165, 1.54) is 48.6 Å². The number of alkyl halides is 1. The molecular weight excluding hydrogens is 478 g/mol. The van der Waals surface area contributed by atoms with Crippen molar-refractivity contribution in [3.8, 4) is 5.88 Å². The Morgan fingerprint density at radius 2 is 2.23 bits per heavy atom. The molecular formula is C23H22F2N6O3S. The Labute approximate surface area is 203 Å². The molecule has 3 aromatic rings. The van der Waals surface area contributed by atoms with Gasteiger partial charge in [-0.05, 0) is 38.5 Å². The van der Waals surface area contributed by atoms with Gasteiger partial charge >= 0.3 is 0 Å². The number of amidine groups is 1. The van der Waals surface area contributed by atoms with E-state index >= 15 is 0 Å². The Hall–Kier alpha value is -3.54. The Morgan fingerprint density at radius 3 is 2.94 bits per heavy atom. The Bertz CT molecular complexity index is 1320. The van der Waals surface area contributed by atoms with Crippen molar-refractivity contribution in [1.82, 2.24) is 15.0 Å². The van der Waals surface area contributed by atoms with Gasteiger partial charge in [-0.1, -0.05) is 11.8 Å². The van der Waals surface area contributed by atoms with Crippen LogP contribution in [0.2, 0.25) is 0 Å². The van der Waals surface area contributed by atoms with Gasteiger partial charge in [0.1, 0.15) is 24.4 Å². The lowest BCUT2D eigenvalue weighted by Gasteiger charge is -2.33. The average Bonchev–Trinajstić information content (AvgIpc) is 3.33. The number of oxazole rings is 1. The van der Waals surface area contributed by atoms with Crippen LogP contribution < -0.4 is 15.8 Å². The van der Waals surface area contributed by atoms with E-state index in [2.05, 4.69) is 25.3 Å². The lowest BCUT2D eigenvalue weighted by Crippen LogP contribution is -2.36. The number of thioether (sulfide) groups is 1. The summed E-state index contributed by atoms with van der Waals surface area (Å²) in [6, 6.07) is 4.20. The SMILES string of the molecule is Cc1nc(OCc2ncco2)cnc1C(=O)Nc1ccc(F)c([C@]2(C)N=C(N)S[C@@]3(CF)C[C@H]32)c1. The van der Waals surface area contributed by atoms with Gasteiger partial charge in [0.25, 0.3) is 5.91 Å². The second kappa shape index (κ2) is 8.59. The van der Waals surface area contributed by atoms with Crippen molar-refractivity contribution in [1.29, 1.82) is 0 Å². The van der Waals surface area contributed by atoms with Gasteiger partial charge in [-0.15, -0.1) is 0 Å². The number of anilines is 1. The zero-order chi connectivity index (χ0) is 24.8. The molecule has 1 amide bonds. The maximum Gasteiger partial charge on any atom is 0.276 e. The van der Waals surface area contributed by atoms with Crippen LogP contribution in [-0.4, -0.2) is 37.4 Å². The molecule has 0 unspecified atom stereocenters. The van der Waals surface area contributed by atoms with Crippen LogP contribution >= 0.6 is 11.8 Å². The van der Waals surface area contributed by atoms with E-state index in [4.69, 9.17) is 14.9 Å². The molecule has 0 radical (unpaired) electrons. The highest BCUT2D eigenvalue weighted by atomic mass is 32.2. The maximum absolute atomic E-state index is 14.9. The van der Waals surface area contributed by atoms with Crippen LogP contribution in [0.4, 0.5) is 14.5 Å². The van der Waals surface area contributed by atoms with E-state index in [0.717, 1.165) is 0 Å². The molecule has 9 nitrogen and oxygen atoms in total. The predicted molar refractivity (Wildman–Crippen MR) is 125 cm³/mol. The number of carbonyl (C=O) groups excluding carboxylic acids is 1. The van der Waals surface area contributed by atoms with Crippen LogP contribution in [0, 0.1) is 18.7 Å². The van der Waals surface area contributed by atoms with Crippen LogP contribution in [0.5, 0.6) is 5.88 Å². The molecule has 182 valence electrons. The zero-order valence-corrected chi connectivity index (χ0v) is 19.7. The van der Waals surface area contributed by atoms with Crippen molar-refractivity contribution in [2.45, 2.75) is 37.2 Å².